The quantitative estimate of drug-likeness (QED) is 0.278. The molecule has 0 saturated heterocycles. The molecule has 4 N–H and O–H groups in total. The smallest absolute Gasteiger partial charge is 0.217 e. The molecule has 0 aromatic rings. The van der Waals surface area contributed by atoms with Gasteiger partial charge in [0.15, 0.2) is 5.11 Å². The van der Waals surface area contributed by atoms with Crippen LogP contribution in [0.5, 0.6) is 0 Å². The number of nitrogens with zero attached hydrogens (tertiary/aromatic N) is 1. The normalized spacial score (nSPS) is 13.0. The minimum Gasteiger partial charge on any atom is -0.375 e. The molecule has 17 heavy (non-hydrogen) atoms. The minimum absolute atomic E-state index is 0.0682. The predicted octanol–water partition coefficient (Wildman–Crippen LogP) is 0.843. The van der Waals surface area contributed by atoms with E-state index < -0.39 is 0 Å². The maximum absolute atomic E-state index is 11.1. The third-order valence-electron chi connectivity index (χ3n) is 1.98. The van der Waals surface area contributed by atoms with Gasteiger partial charge in [-0.3, -0.25) is 10.2 Å². The Morgan fingerprint density at radius 2 is 2.18 bits per heavy atom. The summed E-state index contributed by atoms with van der Waals surface area (Å²) < 4.78 is 0. The van der Waals surface area contributed by atoms with Crippen molar-refractivity contribution in [2.75, 3.05) is 11.5 Å². The molecule has 7 heteroatoms. The molecule has 0 fully saturated rings. The molecule has 0 bridgehead atoms. The van der Waals surface area contributed by atoms with E-state index in [2.05, 4.69) is 35.0 Å². The molecule has 0 aromatic carbocycles. The number of thioether (sulfide) groups is 1. The first-order valence-corrected chi connectivity index (χ1v) is 6.98. The highest BCUT2D eigenvalue weighted by Crippen LogP contribution is 2.05. The molecule has 0 aliphatic carbocycles. The molecule has 0 rings (SSSR count). The molecule has 98 valence electrons. The average Bonchev–Trinajstić information content (AvgIpc) is 2.24. The largest absolute Gasteiger partial charge is 0.375 e. The van der Waals surface area contributed by atoms with E-state index in [1.54, 1.807) is 0 Å². The summed E-state index contributed by atoms with van der Waals surface area (Å²) in [5.41, 5.74) is 8.58. The van der Waals surface area contributed by atoms with Gasteiger partial charge in [-0.2, -0.15) is 16.9 Å². The summed E-state index contributed by atoms with van der Waals surface area (Å²) in [6, 6.07) is -0.0756. The van der Waals surface area contributed by atoms with Crippen LogP contribution in [-0.2, 0) is 4.79 Å². The first kappa shape index (κ1) is 16.2. The van der Waals surface area contributed by atoms with Gasteiger partial charge in [0, 0.05) is 6.92 Å². The molecule has 0 unspecified atom stereocenters. The Morgan fingerprint density at radius 1 is 1.53 bits per heavy atom. The predicted molar refractivity (Wildman–Crippen MR) is 78.3 cm³/mol. The summed E-state index contributed by atoms with van der Waals surface area (Å²) in [6.45, 7) is 5.43. The third kappa shape index (κ3) is 8.93. The van der Waals surface area contributed by atoms with Crippen molar-refractivity contribution in [3.05, 3.63) is 0 Å². The van der Waals surface area contributed by atoms with Gasteiger partial charge in [0.05, 0.1) is 11.8 Å². The fourth-order valence-corrected chi connectivity index (χ4v) is 1.93. The number of thiocarbonyl (C=S) groups is 1. The Bertz CT molecular complexity index is 294. The SMILES string of the molecule is CCSCC[C@H](NC(C)=O)/C(C)=N/NC(N)=S. The van der Waals surface area contributed by atoms with Gasteiger partial charge in [0.1, 0.15) is 0 Å². The number of amides is 1. The Kier molecular flexibility index (Phi) is 8.79. The molecule has 1 amide bonds. The molecular weight excluding hydrogens is 256 g/mol. The Balaban J connectivity index is 4.37. The molecule has 1 atom stereocenters. The van der Waals surface area contributed by atoms with Crippen LogP contribution in [0.3, 0.4) is 0 Å². The van der Waals surface area contributed by atoms with E-state index in [1.807, 2.05) is 18.7 Å². The van der Waals surface area contributed by atoms with Crippen LogP contribution in [0.4, 0.5) is 0 Å². The molecule has 0 spiro atoms. The van der Waals surface area contributed by atoms with E-state index in [4.69, 9.17) is 5.73 Å². The zero-order valence-corrected chi connectivity index (χ0v) is 12.1. The van der Waals surface area contributed by atoms with Crippen LogP contribution in [0.2, 0.25) is 0 Å². The van der Waals surface area contributed by atoms with Gasteiger partial charge in [-0.1, -0.05) is 6.92 Å². The van der Waals surface area contributed by atoms with Crippen LogP contribution in [0.15, 0.2) is 5.10 Å². The van der Waals surface area contributed by atoms with Crippen LogP contribution < -0.4 is 16.5 Å². The lowest BCUT2D eigenvalue weighted by Crippen LogP contribution is -2.40. The van der Waals surface area contributed by atoms with E-state index in [0.29, 0.717) is 0 Å². The Labute approximate surface area is 112 Å². The van der Waals surface area contributed by atoms with Crippen LogP contribution in [-0.4, -0.2) is 34.3 Å². The van der Waals surface area contributed by atoms with Gasteiger partial charge in [-0.25, -0.2) is 0 Å². The number of carbonyl (C=O) groups excluding carboxylic acids is 1. The Hall–Kier alpha value is -0.820. The standard InChI is InChI=1S/C10H20N4OS2/c1-4-17-6-5-9(12-8(3)15)7(2)13-14-10(11)16/h9H,4-6H2,1-3H3,(H,12,15)(H3,11,14,16)/b13-7+/t9-/m0/s1. The maximum Gasteiger partial charge on any atom is 0.217 e. The molecule has 0 heterocycles. The lowest BCUT2D eigenvalue weighted by Gasteiger charge is -2.17. The van der Waals surface area contributed by atoms with Crippen molar-refractivity contribution >= 4 is 40.7 Å². The lowest BCUT2D eigenvalue weighted by molar-refractivity contribution is -0.119. The molecule has 5 nitrogen and oxygen atoms in total. The highest BCUT2D eigenvalue weighted by Gasteiger charge is 2.13. The minimum atomic E-state index is -0.0756. The summed E-state index contributed by atoms with van der Waals surface area (Å²) in [7, 11) is 0. The van der Waals surface area contributed by atoms with Crippen LogP contribution in [0.25, 0.3) is 0 Å². The van der Waals surface area contributed by atoms with Crippen molar-refractivity contribution in [3.63, 3.8) is 0 Å². The summed E-state index contributed by atoms with van der Waals surface area (Å²) in [5, 5.41) is 7.01. The van der Waals surface area contributed by atoms with E-state index >= 15 is 0 Å². The van der Waals surface area contributed by atoms with Gasteiger partial charge in [-0.15, -0.1) is 0 Å². The molecule has 0 aromatic heterocycles. The fraction of sp³-hybridized carbons (Fsp3) is 0.700. The topological polar surface area (TPSA) is 79.5 Å². The second-order valence-corrected chi connectivity index (χ2v) is 5.30. The number of hydrogen-bond acceptors (Lipinski definition) is 4. The Morgan fingerprint density at radius 3 is 2.65 bits per heavy atom. The number of hydrazone groups is 1. The molecule has 0 aliphatic rings. The third-order valence-corrected chi connectivity index (χ3v) is 3.00. The zero-order valence-electron chi connectivity index (χ0n) is 10.4. The number of carbonyl (C=O) groups is 1. The van der Waals surface area contributed by atoms with Crippen molar-refractivity contribution in [1.82, 2.24) is 10.7 Å². The summed E-state index contributed by atoms with van der Waals surface area (Å²) in [4.78, 5) is 11.1. The van der Waals surface area contributed by atoms with Crippen molar-refractivity contribution in [2.24, 2.45) is 10.8 Å². The summed E-state index contributed by atoms with van der Waals surface area (Å²) in [5.74, 6) is 1.97. The van der Waals surface area contributed by atoms with Gasteiger partial charge in [0.2, 0.25) is 5.91 Å². The van der Waals surface area contributed by atoms with Gasteiger partial charge in [-0.05, 0) is 37.1 Å². The van der Waals surface area contributed by atoms with E-state index in [9.17, 15) is 4.79 Å². The van der Waals surface area contributed by atoms with E-state index in [-0.39, 0.29) is 17.1 Å². The molecule has 0 radical (unpaired) electrons. The summed E-state index contributed by atoms with van der Waals surface area (Å²) >= 11 is 6.49. The first-order chi connectivity index (χ1) is 7.97. The van der Waals surface area contributed by atoms with Crippen LogP contribution in [0, 0.1) is 0 Å². The van der Waals surface area contributed by atoms with E-state index in [1.165, 1.54) is 6.92 Å². The van der Waals surface area contributed by atoms with Gasteiger partial charge in [0.25, 0.3) is 0 Å². The van der Waals surface area contributed by atoms with Crippen LogP contribution in [0.1, 0.15) is 27.2 Å². The van der Waals surface area contributed by atoms with Gasteiger partial charge < -0.3 is 11.1 Å². The summed E-state index contributed by atoms with van der Waals surface area (Å²) in [6.07, 6.45) is 0.840. The van der Waals surface area contributed by atoms with Gasteiger partial charge >= 0.3 is 0 Å². The number of rotatable bonds is 7. The number of nitrogens with two attached hydrogens (primary N) is 1. The van der Waals surface area contributed by atoms with Crippen molar-refractivity contribution < 1.29 is 4.79 Å². The average molecular weight is 276 g/mol. The second-order valence-electron chi connectivity index (χ2n) is 3.47. The van der Waals surface area contributed by atoms with Crippen molar-refractivity contribution in [3.8, 4) is 0 Å². The molecule has 0 aliphatic heterocycles. The monoisotopic (exact) mass is 276 g/mol. The van der Waals surface area contributed by atoms with Crippen molar-refractivity contribution in [2.45, 2.75) is 33.2 Å². The fourth-order valence-electron chi connectivity index (χ4n) is 1.20. The second kappa shape index (κ2) is 9.23. The molecule has 0 saturated carbocycles. The number of hydrogen-bond donors (Lipinski definition) is 3. The molecular formula is C10H20N4OS2. The highest BCUT2D eigenvalue weighted by molar-refractivity contribution is 7.99. The highest BCUT2D eigenvalue weighted by atomic mass is 32.2. The lowest BCUT2D eigenvalue weighted by atomic mass is 10.1. The zero-order chi connectivity index (χ0) is 13.3. The van der Waals surface area contributed by atoms with Crippen LogP contribution >= 0.6 is 24.0 Å². The number of nitrogens with one attached hydrogen (secondary N) is 2. The van der Waals surface area contributed by atoms with Crippen molar-refractivity contribution in [1.29, 1.82) is 0 Å². The first-order valence-electron chi connectivity index (χ1n) is 5.41. The maximum atomic E-state index is 11.1. The van der Waals surface area contributed by atoms with E-state index in [0.717, 1.165) is 23.6 Å².